The van der Waals surface area contributed by atoms with Crippen molar-refractivity contribution in [3.8, 4) is 11.5 Å². The van der Waals surface area contributed by atoms with Crippen LogP contribution in [0.5, 0.6) is 11.5 Å². The van der Waals surface area contributed by atoms with E-state index in [1.807, 2.05) is 0 Å². The molecule has 0 saturated carbocycles. The fourth-order valence-electron chi connectivity index (χ4n) is 4.26. The Morgan fingerprint density at radius 3 is 2.63 bits per heavy atom. The van der Waals surface area contributed by atoms with Gasteiger partial charge in [0.05, 0.1) is 31.1 Å². The van der Waals surface area contributed by atoms with E-state index in [0.29, 0.717) is 34.0 Å². The minimum Gasteiger partial charge on any atom is -0.493 e. The number of carbonyl (C=O) groups is 4. The molecule has 10 nitrogen and oxygen atoms in total. The fourth-order valence-corrected chi connectivity index (χ4v) is 6.05. The number of nitrogens with one attached hydrogen (secondary N) is 2. The van der Waals surface area contributed by atoms with E-state index in [1.54, 1.807) is 43.3 Å². The summed E-state index contributed by atoms with van der Waals surface area (Å²) in [6.45, 7) is 4.04. The first-order valence-corrected chi connectivity index (χ1v) is 14.4. The fraction of sp³-hybridized carbons (Fsp3) is 0.276. The van der Waals surface area contributed by atoms with Gasteiger partial charge in [0.15, 0.2) is 11.5 Å². The molecule has 214 valence electrons. The number of hydrogen-bond donors (Lipinski definition) is 2. The third-order valence-corrected chi connectivity index (χ3v) is 7.92. The topological polar surface area (TPSA) is 132 Å². The first-order chi connectivity index (χ1) is 19.7. The standard InChI is InChI=1S/C29H28BrN3O7S/c1-4-39-29(37)24-20-10-8-16(2)12-23(20)41-27(24)32-25(34)26(35)33-31-15-17-9-11-21(22(13-17)38-3)40-28(36)18-6-5-7-19(30)14-18/h5-7,9,11,13-16H,4,8,10,12H2,1-3H3,(H,32,34)(H,33,35)/b31-15-/t16-/m0/s1. The number of carbonyl (C=O) groups excluding carboxylic acids is 4. The normalized spacial score (nSPS) is 14.2. The average Bonchev–Trinajstić information content (AvgIpc) is 3.30. The molecule has 0 saturated heterocycles. The van der Waals surface area contributed by atoms with E-state index in [0.717, 1.165) is 27.8 Å². The van der Waals surface area contributed by atoms with E-state index < -0.39 is 23.8 Å². The van der Waals surface area contributed by atoms with Crippen molar-refractivity contribution < 1.29 is 33.4 Å². The molecule has 12 heteroatoms. The van der Waals surface area contributed by atoms with Crippen LogP contribution in [0.2, 0.25) is 0 Å². The Bertz CT molecular complexity index is 1520. The Morgan fingerprint density at radius 1 is 1.10 bits per heavy atom. The molecule has 4 rings (SSSR count). The maximum atomic E-state index is 12.7. The number of rotatable bonds is 8. The molecule has 0 unspecified atom stereocenters. The number of hydrogen-bond acceptors (Lipinski definition) is 9. The van der Waals surface area contributed by atoms with Gasteiger partial charge in [0.1, 0.15) is 5.00 Å². The zero-order valence-corrected chi connectivity index (χ0v) is 25.0. The number of amides is 2. The molecular formula is C29H28BrN3O7S. The lowest BCUT2D eigenvalue weighted by Crippen LogP contribution is -2.32. The smallest absolute Gasteiger partial charge is 0.343 e. The number of benzene rings is 2. The van der Waals surface area contributed by atoms with Gasteiger partial charge in [-0.15, -0.1) is 11.3 Å². The zero-order chi connectivity index (χ0) is 29.5. The molecule has 41 heavy (non-hydrogen) atoms. The molecule has 0 spiro atoms. The molecule has 0 bridgehead atoms. The zero-order valence-electron chi connectivity index (χ0n) is 22.6. The minimum absolute atomic E-state index is 0.196. The van der Waals surface area contributed by atoms with Crippen molar-refractivity contribution in [3.63, 3.8) is 0 Å². The maximum absolute atomic E-state index is 12.7. The number of fused-ring (bicyclic) bond motifs is 1. The SMILES string of the molecule is CCOC(=O)c1c(NC(=O)C(=O)N/N=C\c2ccc(OC(=O)c3cccc(Br)c3)c(OC)c2)sc2c1CC[C@H](C)C2. The molecule has 0 aliphatic heterocycles. The molecule has 3 aromatic rings. The van der Waals surface area contributed by atoms with E-state index in [9.17, 15) is 19.2 Å². The van der Waals surface area contributed by atoms with Gasteiger partial charge in [-0.05, 0) is 79.6 Å². The second-order valence-corrected chi connectivity index (χ2v) is 11.3. The minimum atomic E-state index is -1.01. The van der Waals surface area contributed by atoms with Crippen LogP contribution >= 0.6 is 27.3 Å². The van der Waals surface area contributed by atoms with Crippen molar-refractivity contribution in [2.45, 2.75) is 33.1 Å². The van der Waals surface area contributed by atoms with Crippen LogP contribution in [0.4, 0.5) is 5.00 Å². The molecule has 1 aromatic heterocycles. The largest absolute Gasteiger partial charge is 0.493 e. The predicted molar refractivity (Wildman–Crippen MR) is 158 cm³/mol. The quantitative estimate of drug-likeness (QED) is 0.115. The van der Waals surface area contributed by atoms with Gasteiger partial charge in [0.25, 0.3) is 0 Å². The summed E-state index contributed by atoms with van der Waals surface area (Å²) >= 11 is 4.61. The second-order valence-electron chi connectivity index (χ2n) is 9.24. The van der Waals surface area contributed by atoms with Crippen LogP contribution in [-0.2, 0) is 27.2 Å². The average molecular weight is 643 g/mol. The highest BCUT2D eigenvalue weighted by atomic mass is 79.9. The van der Waals surface area contributed by atoms with Crippen LogP contribution in [0, 0.1) is 5.92 Å². The Morgan fingerprint density at radius 2 is 1.90 bits per heavy atom. The van der Waals surface area contributed by atoms with Gasteiger partial charge >= 0.3 is 23.8 Å². The van der Waals surface area contributed by atoms with Gasteiger partial charge in [0, 0.05) is 9.35 Å². The second kappa shape index (κ2) is 13.6. The van der Waals surface area contributed by atoms with Crippen LogP contribution in [0.15, 0.2) is 52.0 Å². The molecular weight excluding hydrogens is 614 g/mol. The Labute approximate surface area is 249 Å². The monoisotopic (exact) mass is 641 g/mol. The summed E-state index contributed by atoms with van der Waals surface area (Å²) in [6, 6.07) is 11.5. The Kier molecular flexibility index (Phi) is 9.90. The van der Waals surface area contributed by atoms with Crippen molar-refractivity contribution in [2.24, 2.45) is 11.0 Å². The maximum Gasteiger partial charge on any atom is 0.343 e. The summed E-state index contributed by atoms with van der Waals surface area (Å²) in [4.78, 5) is 51.3. The van der Waals surface area contributed by atoms with Gasteiger partial charge in [-0.2, -0.15) is 5.10 Å². The van der Waals surface area contributed by atoms with Crippen LogP contribution in [0.1, 0.15) is 57.0 Å². The van der Waals surface area contributed by atoms with Gasteiger partial charge in [-0.3, -0.25) is 9.59 Å². The van der Waals surface area contributed by atoms with Crippen molar-refractivity contribution in [1.29, 1.82) is 0 Å². The summed E-state index contributed by atoms with van der Waals surface area (Å²) < 4.78 is 16.7. The number of esters is 2. The van der Waals surface area contributed by atoms with Crippen LogP contribution < -0.4 is 20.2 Å². The van der Waals surface area contributed by atoms with Gasteiger partial charge in [0.2, 0.25) is 0 Å². The van der Waals surface area contributed by atoms with Gasteiger partial charge < -0.3 is 19.5 Å². The van der Waals surface area contributed by atoms with Crippen LogP contribution in [0.3, 0.4) is 0 Å². The molecule has 1 atom stereocenters. The Hall–Kier alpha value is -4.03. The Balaban J connectivity index is 1.40. The summed E-state index contributed by atoms with van der Waals surface area (Å²) in [5, 5.41) is 6.70. The predicted octanol–water partition coefficient (Wildman–Crippen LogP) is 5.13. The van der Waals surface area contributed by atoms with Crippen LogP contribution in [-0.4, -0.2) is 43.7 Å². The highest BCUT2D eigenvalue weighted by molar-refractivity contribution is 9.10. The molecule has 0 fully saturated rings. The lowest BCUT2D eigenvalue weighted by molar-refractivity contribution is -0.136. The molecule has 1 aliphatic rings. The number of thiophene rings is 1. The molecule has 1 aliphatic carbocycles. The molecule has 1 heterocycles. The van der Waals surface area contributed by atoms with E-state index in [4.69, 9.17) is 14.2 Å². The number of methoxy groups -OCH3 is 1. The summed E-state index contributed by atoms with van der Waals surface area (Å²) in [5.74, 6) is -2.13. The van der Waals surface area contributed by atoms with Gasteiger partial charge in [-0.1, -0.05) is 28.9 Å². The third kappa shape index (κ3) is 7.39. The van der Waals surface area contributed by atoms with E-state index in [-0.39, 0.29) is 18.1 Å². The molecule has 0 radical (unpaired) electrons. The summed E-state index contributed by atoms with van der Waals surface area (Å²) in [7, 11) is 1.42. The lowest BCUT2D eigenvalue weighted by atomic mass is 9.88. The number of halogens is 1. The first-order valence-electron chi connectivity index (χ1n) is 12.8. The van der Waals surface area contributed by atoms with Crippen molar-refractivity contribution in [2.75, 3.05) is 19.0 Å². The van der Waals surface area contributed by atoms with E-state index >= 15 is 0 Å². The number of hydrazone groups is 1. The van der Waals surface area contributed by atoms with Crippen molar-refractivity contribution >= 4 is 62.2 Å². The highest BCUT2D eigenvalue weighted by Crippen LogP contribution is 2.40. The summed E-state index contributed by atoms with van der Waals surface area (Å²) in [5.41, 5.74) is 4.24. The number of nitrogens with zero attached hydrogens (tertiary/aromatic N) is 1. The van der Waals surface area contributed by atoms with Gasteiger partial charge in [-0.25, -0.2) is 15.0 Å². The first kappa shape index (κ1) is 29.9. The van der Waals surface area contributed by atoms with Crippen molar-refractivity contribution in [1.82, 2.24) is 5.43 Å². The molecule has 2 N–H and O–H groups in total. The van der Waals surface area contributed by atoms with Crippen LogP contribution in [0.25, 0.3) is 0 Å². The van der Waals surface area contributed by atoms with Crippen molar-refractivity contribution in [3.05, 3.63) is 74.1 Å². The molecule has 2 amide bonds. The van der Waals surface area contributed by atoms with E-state index in [2.05, 4.69) is 38.7 Å². The number of ether oxygens (including phenoxy) is 3. The summed E-state index contributed by atoms with van der Waals surface area (Å²) in [6.07, 6.45) is 3.74. The molecule has 2 aromatic carbocycles. The van der Waals surface area contributed by atoms with E-state index in [1.165, 1.54) is 30.7 Å². The number of anilines is 1. The lowest BCUT2D eigenvalue weighted by Gasteiger charge is -2.18. The highest BCUT2D eigenvalue weighted by Gasteiger charge is 2.30. The third-order valence-electron chi connectivity index (χ3n) is 6.25.